The van der Waals surface area contributed by atoms with E-state index in [0.29, 0.717) is 6.42 Å². The zero-order valence-corrected chi connectivity index (χ0v) is 18.6. The van der Waals surface area contributed by atoms with Gasteiger partial charge in [0.25, 0.3) is 0 Å². The van der Waals surface area contributed by atoms with Gasteiger partial charge in [-0.3, -0.25) is 9.10 Å². The van der Waals surface area contributed by atoms with E-state index in [1.165, 1.54) is 25.1 Å². The van der Waals surface area contributed by atoms with Gasteiger partial charge in [-0.2, -0.15) is 0 Å². The highest BCUT2D eigenvalue weighted by Crippen LogP contribution is 2.29. The number of aryl methyl sites for hydroxylation is 1. The number of amides is 1. The summed E-state index contributed by atoms with van der Waals surface area (Å²) in [6.45, 7) is 5.49. The van der Waals surface area contributed by atoms with Crippen LogP contribution in [0.4, 0.5) is 5.69 Å². The van der Waals surface area contributed by atoms with Gasteiger partial charge in [-0.1, -0.05) is 60.0 Å². The molecule has 0 aliphatic carbocycles. The number of carbonyl (C=O) groups excluding carboxylic acids is 1. The Kier molecular flexibility index (Phi) is 7.37. The van der Waals surface area contributed by atoms with Crippen LogP contribution in [0.5, 0.6) is 0 Å². The summed E-state index contributed by atoms with van der Waals surface area (Å²) in [5.74, 6) is -0.408. The largest absolute Gasteiger partial charge is 0.347 e. The Morgan fingerprint density at radius 2 is 1.64 bits per heavy atom. The number of halogens is 2. The second kappa shape index (κ2) is 9.16. The van der Waals surface area contributed by atoms with E-state index < -0.39 is 22.0 Å². The Labute approximate surface area is 176 Å². The van der Waals surface area contributed by atoms with Crippen LogP contribution >= 0.6 is 23.2 Å². The van der Waals surface area contributed by atoms with Gasteiger partial charge >= 0.3 is 0 Å². The lowest BCUT2D eigenvalue weighted by molar-refractivity contribution is -0.122. The van der Waals surface area contributed by atoms with E-state index in [1.807, 2.05) is 38.1 Å². The topological polar surface area (TPSA) is 66.5 Å². The standard InChI is InChI=1S/C20H24Cl2N2O3S/c1-5-19(15-8-6-13(2)7-9-15)23-20(25)14(3)24(28(4,26)27)18-11-16(21)10-17(22)12-18/h6-12,14,19H,5H2,1-4H3,(H,23,25)/t14-,19-/m0/s1. The minimum Gasteiger partial charge on any atom is -0.347 e. The van der Waals surface area contributed by atoms with E-state index in [4.69, 9.17) is 23.2 Å². The SMILES string of the molecule is CC[C@H](NC(=O)[C@H](C)N(c1cc(Cl)cc(Cl)c1)S(C)(=O)=O)c1ccc(C)cc1. The van der Waals surface area contributed by atoms with Gasteiger partial charge in [-0.25, -0.2) is 8.42 Å². The van der Waals surface area contributed by atoms with Crippen LogP contribution in [0.3, 0.4) is 0 Å². The van der Waals surface area contributed by atoms with Gasteiger partial charge in [0, 0.05) is 10.0 Å². The summed E-state index contributed by atoms with van der Waals surface area (Å²) in [5, 5.41) is 3.52. The Bertz CT molecular complexity index is 926. The number of benzene rings is 2. The van der Waals surface area contributed by atoms with Gasteiger partial charge in [0.2, 0.25) is 15.9 Å². The molecule has 0 unspecified atom stereocenters. The maximum Gasteiger partial charge on any atom is 0.244 e. The molecule has 0 fully saturated rings. The minimum absolute atomic E-state index is 0.222. The van der Waals surface area contributed by atoms with Crippen molar-refractivity contribution in [2.24, 2.45) is 0 Å². The van der Waals surface area contributed by atoms with Crippen molar-refractivity contribution in [3.63, 3.8) is 0 Å². The molecule has 2 aromatic rings. The summed E-state index contributed by atoms with van der Waals surface area (Å²) in [7, 11) is -3.75. The highest BCUT2D eigenvalue weighted by atomic mass is 35.5. The number of anilines is 1. The quantitative estimate of drug-likeness (QED) is 0.673. The fourth-order valence-corrected chi connectivity index (χ4v) is 4.66. The molecule has 8 heteroatoms. The van der Waals surface area contributed by atoms with Crippen LogP contribution in [0.25, 0.3) is 0 Å². The molecule has 1 amide bonds. The third-order valence-electron chi connectivity index (χ3n) is 4.39. The molecule has 0 aliphatic heterocycles. The summed E-state index contributed by atoms with van der Waals surface area (Å²) in [6.07, 6.45) is 1.71. The summed E-state index contributed by atoms with van der Waals surface area (Å²) < 4.78 is 25.9. The molecule has 1 N–H and O–H groups in total. The lowest BCUT2D eigenvalue weighted by Gasteiger charge is -2.30. The predicted molar refractivity (Wildman–Crippen MR) is 116 cm³/mol. The molecule has 5 nitrogen and oxygen atoms in total. The molecular formula is C20H24Cl2N2O3S. The van der Waals surface area contributed by atoms with Gasteiger partial charge in [0.15, 0.2) is 0 Å². The lowest BCUT2D eigenvalue weighted by atomic mass is 10.0. The third-order valence-corrected chi connectivity index (χ3v) is 6.07. The van der Waals surface area contributed by atoms with Gasteiger partial charge in [-0.05, 0) is 44.0 Å². The second-order valence-corrected chi connectivity index (χ2v) is 9.47. The molecule has 2 atom stereocenters. The van der Waals surface area contributed by atoms with E-state index >= 15 is 0 Å². The monoisotopic (exact) mass is 442 g/mol. The molecule has 28 heavy (non-hydrogen) atoms. The Morgan fingerprint density at radius 1 is 1.11 bits per heavy atom. The second-order valence-electron chi connectivity index (χ2n) is 6.74. The molecule has 0 spiro atoms. The number of nitrogens with one attached hydrogen (secondary N) is 1. The smallest absolute Gasteiger partial charge is 0.244 e. The molecule has 0 saturated heterocycles. The number of nitrogens with zero attached hydrogens (tertiary/aromatic N) is 1. The van der Waals surface area contributed by atoms with Crippen molar-refractivity contribution in [2.75, 3.05) is 10.6 Å². The number of rotatable bonds is 7. The molecule has 2 rings (SSSR count). The molecule has 0 saturated carbocycles. The first-order chi connectivity index (χ1) is 13.0. The molecule has 0 heterocycles. The lowest BCUT2D eigenvalue weighted by Crippen LogP contribution is -2.48. The average molecular weight is 443 g/mol. The van der Waals surface area contributed by atoms with Crippen molar-refractivity contribution in [1.29, 1.82) is 0 Å². The maximum atomic E-state index is 12.9. The van der Waals surface area contributed by atoms with E-state index in [0.717, 1.165) is 21.7 Å². The molecule has 0 bridgehead atoms. The van der Waals surface area contributed by atoms with Crippen LogP contribution in [-0.4, -0.2) is 26.6 Å². The summed E-state index contributed by atoms with van der Waals surface area (Å²) in [4.78, 5) is 12.9. The number of sulfonamides is 1. The summed E-state index contributed by atoms with van der Waals surface area (Å²) >= 11 is 12.0. The highest BCUT2D eigenvalue weighted by molar-refractivity contribution is 7.92. The predicted octanol–water partition coefficient (Wildman–Crippen LogP) is 4.72. The summed E-state index contributed by atoms with van der Waals surface area (Å²) in [6, 6.07) is 11.1. The molecular weight excluding hydrogens is 419 g/mol. The minimum atomic E-state index is -3.75. The first kappa shape index (κ1) is 22.5. The van der Waals surface area contributed by atoms with Crippen LogP contribution in [0, 0.1) is 6.92 Å². The van der Waals surface area contributed by atoms with E-state index in [1.54, 1.807) is 0 Å². The van der Waals surface area contributed by atoms with Crippen LogP contribution < -0.4 is 9.62 Å². The van der Waals surface area contributed by atoms with Crippen LogP contribution in [-0.2, 0) is 14.8 Å². The average Bonchev–Trinajstić information content (AvgIpc) is 2.58. The number of hydrogen-bond acceptors (Lipinski definition) is 3. The van der Waals surface area contributed by atoms with Gasteiger partial charge in [0.1, 0.15) is 6.04 Å². The van der Waals surface area contributed by atoms with E-state index in [2.05, 4.69) is 5.32 Å². The Balaban J connectivity index is 2.31. The molecule has 152 valence electrons. The molecule has 0 aliphatic rings. The van der Waals surface area contributed by atoms with Crippen molar-refractivity contribution in [1.82, 2.24) is 5.32 Å². The van der Waals surface area contributed by atoms with E-state index in [-0.39, 0.29) is 21.8 Å². The van der Waals surface area contributed by atoms with Gasteiger partial charge in [-0.15, -0.1) is 0 Å². The zero-order chi connectivity index (χ0) is 21.1. The van der Waals surface area contributed by atoms with Gasteiger partial charge < -0.3 is 5.32 Å². The molecule has 0 aromatic heterocycles. The zero-order valence-electron chi connectivity index (χ0n) is 16.2. The number of hydrogen-bond donors (Lipinski definition) is 1. The third kappa shape index (κ3) is 5.63. The van der Waals surface area contributed by atoms with Crippen molar-refractivity contribution < 1.29 is 13.2 Å². The fraction of sp³-hybridized carbons (Fsp3) is 0.350. The van der Waals surface area contributed by atoms with Crippen molar-refractivity contribution in [2.45, 2.75) is 39.3 Å². The van der Waals surface area contributed by atoms with Crippen LogP contribution in [0.15, 0.2) is 42.5 Å². The maximum absolute atomic E-state index is 12.9. The first-order valence-electron chi connectivity index (χ1n) is 8.85. The number of carbonyl (C=O) groups is 1. The Hall–Kier alpha value is -1.76. The van der Waals surface area contributed by atoms with E-state index in [9.17, 15) is 13.2 Å². The van der Waals surface area contributed by atoms with Crippen molar-refractivity contribution in [3.05, 3.63) is 63.6 Å². The normalized spacial score (nSPS) is 13.6. The van der Waals surface area contributed by atoms with Crippen LogP contribution in [0.2, 0.25) is 10.0 Å². The first-order valence-corrected chi connectivity index (χ1v) is 11.5. The fourth-order valence-electron chi connectivity index (χ4n) is 2.99. The highest BCUT2D eigenvalue weighted by Gasteiger charge is 2.30. The summed E-state index contributed by atoms with van der Waals surface area (Å²) in [5.41, 5.74) is 2.33. The van der Waals surface area contributed by atoms with Gasteiger partial charge in [0.05, 0.1) is 18.0 Å². The van der Waals surface area contributed by atoms with Crippen molar-refractivity contribution in [3.8, 4) is 0 Å². The van der Waals surface area contributed by atoms with Crippen LogP contribution in [0.1, 0.15) is 37.4 Å². The molecule has 2 aromatic carbocycles. The molecule has 0 radical (unpaired) electrons. The Morgan fingerprint density at radius 3 is 2.11 bits per heavy atom. The van der Waals surface area contributed by atoms with Crippen molar-refractivity contribution >= 4 is 44.8 Å².